The smallest absolute Gasteiger partial charge is 0.303 e. The molecule has 1 unspecified atom stereocenters. The molecule has 2 rings (SSSR count). The van der Waals surface area contributed by atoms with Crippen LogP contribution in [0.5, 0.6) is 0 Å². The monoisotopic (exact) mass is 255 g/mol. The molecule has 1 aromatic rings. The second kappa shape index (κ2) is 5.44. The number of rotatable bonds is 4. The van der Waals surface area contributed by atoms with Crippen LogP contribution < -0.4 is 4.90 Å². The first-order valence-corrected chi connectivity index (χ1v) is 6.73. The van der Waals surface area contributed by atoms with E-state index in [0.29, 0.717) is 12.5 Å². The van der Waals surface area contributed by atoms with Gasteiger partial charge >= 0.3 is 5.97 Å². The molecule has 0 amide bonds. The van der Waals surface area contributed by atoms with Crippen molar-refractivity contribution in [3.63, 3.8) is 0 Å². The van der Waals surface area contributed by atoms with Crippen LogP contribution in [0.1, 0.15) is 37.9 Å². The van der Waals surface area contributed by atoms with Crippen molar-refractivity contribution in [1.82, 2.24) is 9.36 Å². The molecule has 1 aliphatic rings. The molecule has 5 nitrogen and oxygen atoms in total. The SMILES string of the molecule is Cc1nsc(N2CCCCC2CCC(=O)O)n1. The Morgan fingerprint density at radius 1 is 1.59 bits per heavy atom. The van der Waals surface area contributed by atoms with Crippen LogP contribution in [-0.2, 0) is 4.79 Å². The molecule has 1 N–H and O–H groups in total. The highest BCUT2D eigenvalue weighted by atomic mass is 32.1. The zero-order valence-corrected chi connectivity index (χ0v) is 10.7. The van der Waals surface area contributed by atoms with Crippen molar-refractivity contribution in [3.05, 3.63) is 5.82 Å². The lowest BCUT2D eigenvalue weighted by molar-refractivity contribution is -0.137. The fraction of sp³-hybridized carbons (Fsp3) is 0.727. The van der Waals surface area contributed by atoms with Crippen LogP contribution in [0.15, 0.2) is 0 Å². The summed E-state index contributed by atoms with van der Waals surface area (Å²) >= 11 is 1.41. The number of carboxylic acid groups (broad SMARTS) is 1. The van der Waals surface area contributed by atoms with Crippen molar-refractivity contribution in [3.8, 4) is 0 Å². The first-order chi connectivity index (χ1) is 8.16. The van der Waals surface area contributed by atoms with E-state index < -0.39 is 5.97 Å². The molecule has 0 bridgehead atoms. The third-order valence-corrected chi connectivity index (χ3v) is 3.93. The number of aliphatic carboxylic acids is 1. The van der Waals surface area contributed by atoms with E-state index in [-0.39, 0.29) is 6.42 Å². The van der Waals surface area contributed by atoms with Gasteiger partial charge in [-0.3, -0.25) is 4.79 Å². The van der Waals surface area contributed by atoms with Gasteiger partial charge in [-0.05, 0) is 32.6 Å². The van der Waals surface area contributed by atoms with Crippen LogP contribution in [0.25, 0.3) is 0 Å². The van der Waals surface area contributed by atoms with Gasteiger partial charge in [0.15, 0.2) is 0 Å². The molecule has 1 fully saturated rings. The van der Waals surface area contributed by atoms with Crippen LogP contribution in [0, 0.1) is 6.92 Å². The second-order valence-corrected chi connectivity index (χ2v) is 5.13. The lowest BCUT2D eigenvalue weighted by atomic mass is 9.98. The molecule has 1 aliphatic heterocycles. The van der Waals surface area contributed by atoms with Gasteiger partial charge in [0.2, 0.25) is 5.13 Å². The van der Waals surface area contributed by atoms with E-state index in [4.69, 9.17) is 5.11 Å². The minimum absolute atomic E-state index is 0.235. The number of carboxylic acids is 1. The largest absolute Gasteiger partial charge is 0.481 e. The number of hydrogen-bond donors (Lipinski definition) is 1. The molecule has 0 aliphatic carbocycles. The zero-order valence-electron chi connectivity index (χ0n) is 9.93. The summed E-state index contributed by atoms with van der Waals surface area (Å²) in [5, 5.41) is 9.70. The predicted octanol–water partition coefficient (Wildman–Crippen LogP) is 2.07. The van der Waals surface area contributed by atoms with Gasteiger partial charge in [0, 0.05) is 30.5 Å². The van der Waals surface area contributed by atoms with Crippen LogP contribution in [0.4, 0.5) is 5.13 Å². The first kappa shape index (κ1) is 12.3. The molecular formula is C11H17N3O2S. The van der Waals surface area contributed by atoms with Gasteiger partial charge in [-0.2, -0.15) is 4.37 Å². The Morgan fingerprint density at radius 2 is 2.41 bits per heavy atom. The zero-order chi connectivity index (χ0) is 12.3. The molecule has 1 saturated heterocycles. The van der Waals surface area contributed by atoms with Gasteiger partial charge in [0.05, 0.1) is 0 Å². The van der Waals surface area contributed by atoms with E-state index in [1.807, 2.05) is 6.92 Å². The summed E-state index contributed by atoms with van der Waals surface area (Å²) in [6.45, 7) is 2.86. The number of aryl methyl sites for hydroxylation is 1. The summed E-state index contributed by atoms with van der Waals surface area (Å²) in [5.74, 6) is 0.0801. The number of carbonyl (C=O) groups is 1. The fourth-order valence-electron chi connectivity index (χ4n) is 2.25. The number of piperidine rings is 1. The van der Waals surface area contributed by atoms with Gasteiger partial charge in [-0.15, -0.1) is 0 Å². The Morgan fingerprint density at radius 3 is 3.06 bits per heavy atom. The van der Waals surface area contributed by atoms with Gasteiger partial charge in [0.25, 0.3) is 0 Å². The van der Waals surface area contributed by atoms with E-state index in [9.17, 15) is 4.79 Å². The summed E-state index contributed by atoms with van der Waals surface area (Å²) in [5.41, 5.74) is 0. The number of nitrogens with zero attached hydrogens (tertiary/aromatic N) is 3. The molecule has 0 spiro atoms. The molecule has 1 aromatic heterocycles. The Bertz CT molecular complexity index is 394. The number of anilines is 1. The molecule has 0 aromatic carbocycles. The van der Waals surface area contributed by atoms with Crippen LogP contribution in [0.3, 0.4) is 0 Å². The highest BCUT2D eigenvalue weighted by Crippen LogP contribution is 2.28. The highest BCUT2D eigenvalue weighted by molar-refractivity contribution is 7.09. The molecule has 0 saturated carbocycles. The van der Waals surface area contributed by atoms with E-state index in [1.165, 1.54) is 18.0 Å². The minimum atomic E-state index is -0.719. The average Bonchev–Trinajstić information content (AvgIpc) is 2.73. The topological polar surface area (TPSA) is 66.3 Å². The van der Waals surface area contributed by atoms with Gasteiger partial charge in [0.1, 0.15) is 5.82 Å². The summed E-state index contributed by atoms with van der Waals surface area (Å²) in [4.78, 5) is 17.3. The van der Waals surface area contributed by atoms with Crippen molar-refractivity contribution >= 4 is 22.6 Å². The van der Waals surface area contributed by atoms with Crippen molar-refractivity contribution < 1.29 is 9.90 Å². The maximum Gasteiger partial charge on any atom is 0.303 e. The molecule has 0 radical (unpaired) electrons. The quantitative estimate of drug-likeness (QED) is 0.892. The molecule has 1 atom stereocenters. The van der Waals surface area contributed by atoms with Gasteiger partial charge < -0.3 is 10.0 Å². The maximum absolute atomic E-state index is 10.6. The second-order valence-electron chi connectivity index (χ2n) is 4.40. The van der Waals surface area contributed by atoms with E-state index in [1.54, 1.807) is 0 Å². The van der Waals surface area contributed by atoms with Crippen molar-refractivity contribution in [2.24, 2.45) is 0 Å². The van der Waals surface area contributed by atoms with Crippen LogP contribution in [0.2, 0.25) is 0 Å². The number of hydrogen-bond acceptors (Lipinski definition) is 5. The van der Waals surface area contributed by atoms with Crippen molar-refractivity contribution in [2.45, 2.75) is 45.1 Å². The Kier molecular flexibility index (Phi) is 3.93. The summed E-state index contributed by atoms with van der Waals surface area (Å²) in [6, 6.07) is 0.312. The predicted molar refractivity (Wildman–Crippen MR) is 66.5 cm³/mol. The number of aromatic nitrogens is 2. The van der Waals surface area contributed by atoms with Gasteiger partial charge in [-0.25, -0.2) is 4.98 Å². The fourth-order valence-corrected chi connectivity index (χ4v) is 3.02. The maximum atomic E-state index is 10.6. The molecule has 17 heavy (non-hydrogen) atoms. The minimum Gasteiger partial charge on any atom is -0.481 e. The highest BCUT2D eigenvalue weighted by Gasteiger charge is 2.25. The van der Waals surface area contributed by atoms with Gasteiger partial charge in [-0.1, -0.05) is 0 Å². The molecule has 94 valence electrons. The van der Waals surface area contributed by atoms with E-state index >= 15 is 0 Å². The molecular weight excluding hydrogens is 238 g/mol. The normalized spacial score (nSPS) is 20.5. The molecule has 6 heteroatoms. The van der Waals surface area contributed by atoms with Crippen LogP contribution >= 0.6 is 11.5 Å². The first-order valence-electron chi connectivity index (χ1n) is 5.95. The van der Waals surface area contributed by atoms with E-state index in [0.717, 1.165) is 30.3 Å². The lowest BCUT2D eigenvalue weighted by Gasteiger charge is -2.35. The third-order valence-electron chi connectivity index (χ3n) is 3.08. The Balaban J connectivity index is 2.04. The van der Waals surface area contributed by atoms with Crippen molar-refractivity contribution in [2.75, 3.05) is 11.4 Å². The lowest BCUT2D eigenvalue weighted by Crippen LogP contribution is -2.39. The summed E-state index contributed by atoms with van der Waals surface area (Å²) in [6.07, 6.45) is 4.33. The van der Waals surface area contributed by atoms with E-state index in [2.05, 4.69) is 14.3 Å². The van der Waals surface area contributed by atoms with Crippen molar-refractivity contribution in [1.29, 1.82) is 0 Å². The molecule has 2 heterocycles. The van der Waals surface area contributed by atoms with Crippen LogP contribution in [-0.4, -0.2) is 33.0 Å². The standard InChI is InChI=1S/C11H17N3O2S/c1-8-12-11(17-13-8)14-7-3-2-4-9(14)5-6-10(15)16/h9H,2-7H2,1H3,(H,15,16). The average molecular weight is 255 g/mol. The Hall–Kier alpha value is -1.17. The Labute approximate surface area is 105 Å². The summed E-state index contributed by atoms with van der Waals surface area (Å²) in [7, 11) is 0. The third kappa shape index (κ3) is 3.15. The summed E-state index contributed by atoms with van der Waals surface area (Å²) < 4.78 is 4.19.